The van der Waals surface area contributed by atoms with E-state index in [0.717, 1.165) is 4.91 Å². The first kappa shape index (κ1) is 10.5. The zero-order valence-corrected chi connectivity index (χ0v) is 7.52. The first-order valence-electron chi connectivity index (χ1n) is 3.32. The van der Waals surface area contributed by atoms with Crippen LogP contribution in [0.1, 0.15) is 13.8 Å². The molecule has 0 aliphatic heterocycles. The lowest BCUT2D eigenvalue weighted by atomic mass is 10.4. The molecule has 0 aromatic carbocycles. The summed E-state index contributed by atoms with van der Waals surface area (Å²) >= 11 is 1.47. The van der Waals surface area contributed by atoms with Gasteiger partial charge in [-0.25, -0.2) is 0 Å². The topological polar surface area (TPSA) is 63.3 Å². The highest BCUT2D eigenvalue weighted by Crippen LogP contribution is 2.14. The van der Waals surface area contributed by atoms with Crippen molar-refractivity contribution in [3.8, 4) is 0 Å². The Morgan fingerprint density at radius 2 is 2.36 bits per heavy atom. The second-order valence-corrected chi connectivity index (χ2v) is 3.42. The number of allylic oxidation sites excluding steroid dienone is 2. The van der Waals surface area contributed by atoms with Crippen LogP contribution in [0.2, 0.25) is 0 Å². The number of rotatable bonds is 4. The SMILES string of the molecule is CC=C(C)SC[C@H](N)C(=O)O. The zero-order chi connectivity index (χ0) is 8.85. The van der Waals surface area contributed by atoms with Gasteiger partial charge in [-0.3, -0.25) is 4.79 Å². The average molecular weight is 175 g/mol. The molecule has 0 saturated heterocycles. The Morgan fingerprint density at radius 3 is 2.73 bits per heavy atom. The maximum atomic E-state index is 10.2. The highest BCUT2D eigenvalue weighted by molar-refractivity contribution is 8.03. The monoisotopic (exact) mass is 175 g/mol. The molecule has 3 N–H and O–H groups in total. The van der Waals surface area contributed by atoms with Gasteiger partial charge in [-0.05, 0) is 18.8 Å². The van der Waals surface area contributed by atoms with Gasteiger partial charge in [0.05, 0.1) is 0 Å². The van der Waals surface area contributed by atoms with Crippen molar-refractivity contribution in [3.05, 3.63) is 11.0 Å². The van der Waals surface area contributed by atoms with Crippen molar-refractivity contribution < 1.29 is 9.90 Å². The van der Waals surface area contributed by atoms with Crippen LogP contribution < -0.4 is 5.73 Å². The van der Waals surface area contributed by atoms with Gasteiger partial charge >= 0.3 is 5.97 Å². The quantitative estimate of drug-likeness (QED) is 0.670. The van der Waals surface area contributed by atoms with Gasteiger partial charge in [-0.1, -0.05) is 6.08 Å². The van der Waals surface area contributed by atoms with E-state index in [-0.39, 0.29) is 0 Å². The zero-order valence-electron chi connectivity index (χ0n) is 6.70. The molecule has 0 unspecified atom stereocenters. The van der Waals surface area contributed by atoms with E-state index in [1.165, 1.54) is 11.8 Å². The Kier molecular flexibility index (Phi) is 4.98. The molecule has 0 aromatic heterocycles. The van der Waals surface area contributed by atoms with Crippen LogP contribution in [-0.2, 0) is 4.79 Å². The van der Waals surface area contributed by atoms with Crippen molar-refractivity contribution in [3.63, 3.8) is 0 Å². The van der Waals surface area contributed by atoms with Gasteiger partial charge in [-0.15, -0.1) is 11.8 Å². The van der Waals surface area contributed by atoms with E-state index in [2.05, 4.69) is 0 Å². The van der Waals surface area contributed by atoms with Crippen molar-refractivity contribution in [2.45, 2.75) is 19.9 Å². The third-order valence-corrected chi connectivity index (χ3v) is 2.43. The van der Waals surface area contributed by atoms with Crippen molar-refractivity contribution in [1.29, 1.82) is 0 Å². The Morgan fingerprint density at radius 1 is 1.82 bits per heavy atom. The summed E-state index contributed by atoms with van der Waals surface area (Å²) in [7, 11) is 0. The molecule has 3 nitrogen and oxygen atoms in total. The summed E-state index contributed by atoms with van der Waals surface area (Å²) in [6.45, 7) is 3.84. The fourth-order valence-electron chi connectivity index (χ4n) is 0.376. The summed E-state index contributed by atoms with van der Waals surface area (Å²) in [4.78, 5) is 11.3. The van der Waals surface area contributed by atoms with Gasteiger partial charge in [-0.2, -0.15) is 0 Å². The molecule has 0 aliphatic rings. The van der Waals surface area contributed by atoms with Crippen LogP contribution in [-0.4, -0.2) is 22.9 Å². The lowest BCUT2D eigenvalue weighted by molar-refractivity contribution is -0.137. The largest absolute Gasteiger partial charge is 0.480 e. The number of hydrogen-bond acceptors (Lipinski definition) is 3. The van der Waals surface area contributed by atoms with E-state index >= 15 is 0 Å². The molecule has 1 atom stereocenters. The lowest BCUT2D eigenvalue weighted by Gasteiger charge is -2.04. The molecular weight excluding hydrogens is 162 g/mol. The van der Waals surface area contributed by atoms with E-state index in [4.69, 9.17) is 10.8 Å². The predicted molar refractivity (Wildman–Crippen MR) is 47.5 cm³/mol. The molecule has 0 saturated carbocycles. The average Bonchev–Trinajstić information content (AvgIpc) is 1.99. The summed E-state index contributed by atoms with van der Waals surface area (Å²) in [5.74, 6) is -0.507. The van der Waals surface area contributed by atoms with Crippen LogP contribution in [0, 0.1) is 0 Å². The highest BCUT2D eigenvalue weighted by Gasteiger charge is 2.10. The first-order chi connectivity index (χ1) is 5.07. The van der Waals surface area contributed by atoms with Crippen molar-refractivity contribution >= 4 is 17.7 Å². The molecule has 0 radical (unpaired) electrons. The van der Waals surface area contributed by atoms with Gasteiger partial charge in [0.1, 0.15) is 6.04 Å². The summed E-state index contributed by atoms with van der Waals surface area (Å²) < 4.78 is 0. The molecule has 0 aliphatic carbocycles. The van der Waals surface area contributed by atoms with Gasteiger partial charge in [0, 0.05) is 5.75 Å². The van der Waals surface area contributed by atoms with Crippen molar-refractivity contribution in [2.24, 2.45) is 5.73 Å². The summed E-state index contributed by atoms with van der Waals surface area (Å²) in [6, 6.07) is -0.755. The number of aliphatic carboxylic acids is 1. The minimum absolute atomic E-state index is 0.436. The fourth-order valence-corrected chi connectivity index (χ4v) is 1.13. The molecule has 0 fully saturated rings. The third-order valence-electron chi connectivity index (χ3n) is 1.21. The Balaban J connectivity index is 3.62. The molecule has 0 bridgehead atoms. The third kappa shape index (κ3) is 4.86. The molecular formula is C7H13NO2S. The smallest absolute Gasteiger partial charge is 0.321 e. The molecule has 0 spiro atoms. The maximum absolute atomic E-state index is 10.2. The van der Waals surface area contributed by atoms with E-state index in [1.54, 1.807) is 0 Å². The second-order valence-electron chi connectivity index (χ2n) is 2.16. The fraction of sp³-hybridized carbons (Fsp3) is 0.571. The summed E-state index contributed by atoms with van der Waals surface area (Å²) in [5.41, 5.74) is 5.27. The Hall–Kier alpha value is -0.480. The van der Waals surface area contributed by atoms with Gasteiger partial charge in [0.2, 0.25) is 0 Å². The molecule has 0 heterocycles. The summed E-state index contributed by atoms with van der Waals surface area (Å²) in [5, 5.41) is 8.41. The lowest BCUT2D eigenvalue weighted by Crippen LogP contribution is -2.32. The number of carbonyl (C=O) groups is 1. The number of thioether (sulfide) groups is 1. The molecule has 0 aromatic rings. The van der Waals surface area contributed by atoms with Crippen LogP contribution in [0.15, 0.2) is 11.0 Å². The van der Waals surface area contributed by atoms with E-state index in [0.29, 0.717) is 5.75 Å². The van der Waals surface area contributed by atoms with Crippen molar-refractivity contribution in [2.75, 3.05) is 5.75 Å². The Bertz CT molecular complexity index is 168. The first-order valence-corrected chi connectivity index (χ1v) is 4.30. The highest BCUT2D eigenvalue weighted by atomic mass is 32.2. The maximum Gasteiger partial charge on any atom is 0.321 e. The standard InChI is InChI=1S/C7H13NO2S/c1-3-5(2)11-4-6(8)7(9)10/h3,6H,4,8H2,1-2H3,(H,9,10)/t6-/m0/s1. The van der Waals surface area contributed by atoms with Crippen LogP contribution >= 0.6 is 11.8 Å². The van der Waals surface area contributed by atoms with Crippen LogP contribution in [0.25, 0.3) is 0 Å². The molecule has 4 heteroatoms. The van der Waals surface area contributed by atoms with Gasteiger partial charge < -0.3 is 10.8 Å². The van der Waals surface area contributed by atoms with Gasteiger partial charge in [0.25, 0.3) is 0 Å². The molecule has 64 valence electrons. The van der Waals surface area contributed by atoms with Gasteiger partial charge in [0.15, 0.2) is 0 Å². The van der Waals surface area contributed by atoms with E-state index < -0.39 is 12.0 Å². The van der Waals surface area contributed by atoms with E-state index in [9.17, 15) is 4.79 Å². The number of carboxylic acids is 1. The van der Waals surface area contributed by atoms with Crippen molar-refractivity contribution in [1.82, 2.24) is 0 Å². The van der Waals surface area contributed by atoms with Crippen LogP contribution in [0.3, 0.4) is 0 Å². The normalized spacial score (nSPS) is 14.6. The minimum atomic E-state index is -0.943. The molecule has 0 rings (SSSR count). The Labute approximate surface area is 70.7 Å². The molecule has 0 amide bonds. The van der Waals surface area contributed by atoms with E-state index in [1.807, 2.05) is 19.9 Å². The minimum Gasteiger partial charge on any atom is -0.480 e. The summed E-state index contributed by atoms with van der Waals surface area (Å²) in [6.07, 6.45) is 1.93. The number of hydrogen-bond donors (Lipinski definition) is 2. The second kappa shape index (κ2) is 5.21. The van der Waals surface area contributed by atoms with Crippen LogP contribution in [0.4, 0.5) is 0 Å². The number of nitrogens with two attached hydrogens (primary N) is 1. The predicted octanol–water partition coefficient (Wildman–Crippen LogP) is 1.06. The molecule has 11 heavy (non-hydrogen) atoms. The van der Waals surface area contributed by atoms with Crippen LogP contribution in [0.5, 0.6) is 0 Å². The number of carboxylic acid groups (broad SMARTS) is 1.